The number of piperidine rings is 1. The summed E-state index contributed by atoms with van der Waals surface area (Å²) >= 11 is 0. The Hall–Kier alpha value is -0.650. The maximum atomic E-state index is 11.9. The minimum atomic E-state index is -0.664. The fourth-order valence-corrected chi connectivity index (χ4v) is 2.33. The average molecular weight is 258 g/mol. The van der Waals surface area contributed by atoms with Crippen LogP contribution < -0.4 is 5.32 Å². The van der Waals surface area contributed by atoms with Crippen LogP contribution in [-0.4, -0.2) is 60.9 Å². The molecular formula is C13H26N2O3. The van der Waals surface area contributed by atoms with Gasteiger partial charge in [0.1, 0.15) is 0 Å². The van der Waals surface area contributed by atoms with Gasteiger partial charge in [-0.1, -0.05) is 0 Å². The Kier molecular flexibility index (Phi) is 6.05. The molecule has 1 rings (SSSR count). The van der Waals surface area contributed by atoms with Crippen molar-refractivity contribution in [2.75, 3.05) is 33.4 Å². The highest BCUT2D eigenvalue weighted by atomic mass is 16.5. The number of nitrogens with one attached hydrogen (secondary N) is 1. The molecule has 0 saturated carbocycles. The third kappa shape index (κ3) is 4.92. The highest BCUT2D eigenvalue weighted by Crippen LogP contribution is 2.21. The zero-order chi connectivity index (χ0) is 13.6. The second kappa shape index (κ2) is 7.07. The van der Waals surface area contributed by atoms with Crippen LogP contribution in [0, 0.1) is 0 Å². The van der Waals surface area contributed by atoms with Crippen molar-refractivity contribution in [3.63, 3.8) is 0 Å². The van der Waals surface area contributed by atoms with Crippen molar-refractivity contribution in [2.24, 2.45) is 0 Å². The molecule has 1 fully saturated rings. The van der Waals surface area contributed by atoms with Crippen LogP contribution >= 0.6 is 0 Å². The van der Waals surface area contributed by atoms with Gasteiger partial charge in [-0.05, 0) is 39.7 Å². The Morgan fingerprint density at radius 3 is 2.94 bits per heavy atom. The first-order valence-electron chi connectivity index (χ1n) is 6.69. The van der Waals surface area contributed by atoms with Crippen molar-refractivity contribution < 1.29 is 14.6 Å². The number of hydrogen-bond donors (Lipinski definition) is 2. The van der Waals surface area contributed by atoms with Gasteiger partial charge in [0.05, 0.1) is 11.6 Å². The Balaban J connectivity index is 2.33. The van der Waals surface area contributed by atoms with Gasteiger partial charge >= 0.3 is 0 Å². The molecular weight excluding hydrogens is 232 g/mol. The Morgan fingerprint density at radius 2 is 2.33 bits per heavy atom. The molecule has 0 aromatic rings. The molecule has 1 aliphatic rings. The lowest BCUT2D eigenvalue weighted by Crippen LogP contribution is -2.54. The van der Waals surface area contributed by atoms with Gasteiger partial charge in [0.15, 0.2) is 0 Å². The average Bonchev–Trinajstić information content (AvgIpc) is 2.32. The maximum absolute atomic E-state index is 11.9. The summed E-state index contributed by atoms with van der Waals surface area (Å²) in [5.74, 6) is 0.0313. The third-order valence-corrected chi connectivity index (χ3v) is 3.46. The molecule has 1 heterocycles. The lowest BCUT2D eigenvalue weighted by molar-refractivity contribution is -0.128. The highest BCUT2D eigenvalue weighted by molar-refractivity contribution is 5.81. The second-order valence-corrected chi connectivity index (χ2v) is 5.38. The van der Waals surface area contributed by atoms with Crippen LogP contribution in [0.15, 0.2) is 0 Å². The summed E-state index contributed by atoms with van der Waals surface area (Å²) in [5, 5.41) is 12.9. The van der Waals surface area contributed by atoms with Crippen molar-refractivity contribution in [2.45, 2.75) is 44.8 Å². The van der Waals surface area contributed by atoms with E-state index >= 15 is 0 Å². The molecule has 1 amide bonds. The molecule has 0 aromatic carbocycles. The molecule has 2 N–H and O–H groups in total. The molecule has 5 heteroatoms. The van der Waals surface area contributed by atoms with Crippen molar-refractivity contribution in [3.05, 3.63) is 0 Å². The minimum absolute atomic E-state index is 0.0313. The molecule has 1 aliphatic heterocycles. The van der Waals surface area contributed by atoms with Crippen molar-refractivity contribution in [3.8, 4) is 0 Å². The van der Waals surface area contributed by atoms with Crippen LogP contribution in [0.1, 0.15) is 33.1 Å². The standard InChI is InChI=1S/C13H26N2O3/c1-11(12(16)14-7-5-9-18-3)15-8-4-6-13(2,17)10-15/h11,17H,4-10H2,1-3H3,(H,14,16). The number of aliphatic hydroxyl groups is 1. The van der Waals surface area contributed by atoms with E-state index in [9.17, 15) is 9.90 Å². The summed E-state index contributed by atoms with van der Waals surface area (Å²) in [6.07, 6.45) is 2.58. The molecule has 106 valence electrons. The number of ether oxygens (including phenoxy) is 1. The largest absolute Gasteiger partial charge is 0.389 e. The molecule has 18 heavy (non-hydrogen) atoms. The van der Waals surface area contributed by atoms with Crippen molar-refractivity contribution in [1.82, 2.24) is 10.2 Å². The molecule has 0 aromatic heterocycles. The first-order chi connectivity index (χ1) is 8.46. The van der Waals surface area contributed by atoms with Crippen LogP contribution in [0.25, 0.3) is 0 Å². The predicted molar refractivity (Wildman–Crippen MR) is 70.4 cm³/mol. The van der Waals surface area contributed by atoms with E-state index in [1.54, 1.807) is 7.11 Å². The van der Waals surface area contributed by atoms with E-state index in [0.717, 1.165) is 25.8 Å². The molecule has 0 radical (unpaired) electrons. The number of amides is 1. The van der Waals surface area contributed by atoms with Gasteiger partial charge in [-0.25, -0.2) is 0 Å². The number of likely N-dealkylation sites (tertiary alicyclic amines) is 1. The fourth-order valence-electron chi connectivity index (χ4n) is 2.33. The normalized spacial score (nSPS) is 26.9. The number of carbonyl (C=O) groups excluding carboxylic acids is 1. The van der Waals surface area contributed by atoms with Gasteiger partial charge in [0.25, 0.3) is 0 Å². The summed E-state index contributed by atoms with van der Waals surface area (Å²) in [7, 11) is 1.65. The summed E-state index contributed by atoms with van der Waals surface area (Å²) in [4.78, 5) is 14.0. The summed E-state index contributed by atoms with van der Waals surface area (Å²) in [6, 6.07) is -0.181. The Morgan fingerprint density at radius 1 is 1.61 bits per heavy atom. The molecule has 1 saturated heterocycles. The Bertz CT molecular complexity index is 269. The molecule has 0 spiro atoms. The number of β-amino-alcohol motifs (C(OH)–C–C–N with tert-alkyl or cyclic N) is 1. The molecule has 2 atom stereocenters. The van der Waals surface area contributed by atoms with E-state index in [1.807, 2.05) is 13.8 Å². The van der Waals surface area contributed by atoms with Crippen LogP contribution in [0.4, 0.5) is 0 Å². The summed E-state index contributed by atoms with van der Waals surface area (Å²) in [5.41, 5.74) is -0.664. The van der Waals surface area contributed by atoms with Crippen molar-refractivity contribution >= 4 is 5.91 Å². The quantitative estimate of drug-likeness (QED) is 0.676. The van der Waals surface area contributed by atoms with Crippen LogP contribution in [-0.2, 0) is 9.53 Å². The first-order valence-corrected chi connectivity index (χ1v) is 6.69. The van der Waals surface area contributed by atoms with Crippen molar-refractivity contribution in [1.29, 1.82) is 0 Å². The SMILES string of the molecule is COCCCNC(=O)C(C)N1CCCC(C)(O)C1. The summed E-state index contributed by atoms with van der Waals surface area (Å²) < 4.78 is 4.93. The van der Waals surface area contributed by atoms with E-state index in [-0.39, 0.29) is 11.9 Å². The highest BCUT2D eigenvalue weighted by Gasteiger charge is 2.32. The minimum Gasteiger partial charge on any atom is -0.389 e. The number of hydrogen-bond acceptors (Lipinski definition) is 4. The zero-order valence-electron chi connectivity index (χ0n) is 11.7. The fraction of sp³-hybridized carbons (Fsp3) is 0.923. The van der Waals surface area contributed by atoms with E-state index < -0.39 is 5.60 Å². The van der Waals surface area contributed by atoms with Gasteiger partial charge in [0.2, 0.25) is 5.91 Å². The summed E-state index contributed by atoms with van der Waals surface area (Å²) in [6.45, 7) is 6.48. The van der Waals surface area contributed by atoms with Gasteiger partial charge in [-0.15, -0.1) is 0 Å². The van der Waals surface area contributed by atoms with Gasteiger partial charge in [-0.3, -0.25) is 9.69 Å². The van der Waals surface area contributed by atoms with E-state index in [2.05, 4.69) is 10.2 Å². The number of nitrogens with zero attached hydrogens (tertiary/aromatic N) is 1. The third-order valence-electron chi connectivity index (χ3n) is 3.46. The smallest absolute Gasteiger partial charge is 0.237 e. The molecule has 0 bridgehead atoms. The Labute approximate surface area is 109 Å². The van der Waals surface area contributed by atoms with E-state index in [0.29, 0.717) is 19.7 Å². The lowest BCUT2D eigenvalue weighted by atomic mass is 9.94. The molecule has 2 unspecified atom stereocenters. The molecule has 0 aliphatic carbocycles. The number of methoxy groups -OCH3 is 1. The van der Waals surface area contributed by atoms with E-state index in [4.69, 9.17) is 4.74 Å². The van der Waals surface area contributed by atoms with Crippen LogP contribution in [0.3, 0.4) is 0 Å². The second-order valence-electron chi connectivity index (χ2n) is 5.38. The van der Waals surface area contributed by atoms with Crippen LogP contribution in [0.5, 0.6) is 0 Å². The zero-order valence-corrected chi connectivity index (χ0v) is 11.7. The van der Waals surface area contributed by atoms with Gasteiger partial charge in [-0.2, -0.15) is 0 Å². The number of carbonyl (C=O) groups is 1. The lowest BCUT2D eigenvalue weighted by Gasteiger charge is -2.39. The first kappa shape index (κ1) is 15.4. The van der Waals surface area contributed by atoms with Crippen LogP contribution in [0.2, 0.25) is 0 Å². The number of rotatable bonds is 6. The van der Waals surface area contributed by atoms with Gasteiger partial charge < -0.3 is 15.2 Å². The van der Waals surface area contributed by atoms with Gasteiger partial charge in [0, 0.05) is 26.8 Å². The van der Waals surface area contributed by atoms with E-state index in [1.165, 1.54) is 0 Å². The maximum Gasteiger partial charge on any atom is 0.237 e. The molecule has 5 nitrogen and oxygen atoms in total. The monoisotopic (exact) mass is 258 g/mol. The topological polar surface area (TPSA) is 61.8 Å². The predicted octanol–water partition coefficient (Wildman–Crippen LogP) is 0.374.